The summed E-state index contributed by atoms with van der Waals surface area (Å²) in [6, 6.07) is 5.33. The maximum atomic E-state index is 14.4. The number of hydrazone groups is 1. The van der Waals surface area contributed by atoms with Crippen LogP contribution < -0.4 is 32.4 Å². The van der Waals surface area contributed by atoms with Gasteiger partial charge in [0.05, 0.1) is 6.04 Å². The fourth-order valence-electron chi connectivity index (χ4n) is 7.49. The number of ketones is 1. The van der Waals surface area contributed by atoms with Crippen LogP contribution in [0.4, 0.5) is 0 Å². The van der Waals surface area contributed by atoms with Crippen molar-refractivity contribution in [3.05, 3.63) is 35.9 Å². The molecule has 3 heterocycles. The van der Waals surface area contributed by atoms with Crippen molar-refractivity contribution in [2.75, 3.05) is 13.1 Å². The maximum absolute atomic E-state index is 14.4. The van der Waals surface area contributed by atoms with Gasteiger partial charge in [-0.3, -0.25) is 34.2 Å². The lowest BCUT2D eigenvalue weighted by atomic mass is 9.91. The first-order chi connectivity index (χ1) is 25.2. The van der Waals surface area contributed by atoms with Crippen LogP contribution in [0.15, 0.2) is 35.4 Å². The fourth-order valence-corrected chi connectivity index (χ4v) is 7.49. The monoisotopic (exact) mass is 737 g/mol. The number of nitrogens with one attached hydrogen (secondary N) is 6. The molecular formula is C38H59N9O6. The second kappa shape index (κ2) is 19.0. The van der Waals surface area contributed by atoms with Gasteiger partial charge in [-0.15, -0.1) is 10.6 Å². The largest absolute Gasteiger partial charge is 0.344 e. The lowest BCUT2D eigenvalue weighted by molar-refractivity contribution is -0.152. The molecule has 15 heteroatoms. The van der Waals surface area contributed by atoms with E-state index < -0.39 is 47.8 Å². The van der Waals surface area contributed by atoms with E-state index >= 15 is 0 Å². The van der Waals surface area contributed by atoms with Crippen molar-refractivity contribution in [3.63, 3.8) is 0 Å². The molecule has 15 nitrogen and oxygen atoms in total. The Morgan fingerprint density at radius 3 is 2.26 bits per heavy atom. The molecule has 1 aromatic carbocycles. The molecule has 2 saturated heterocycles. The molecule has 7 atom stereocenters. The molecule has 0 radical (unpaired) electrons. The van der Waals surface area contributed by atoms with Gasteiger partial charge in [-0.2, -0.15) is 0 Å². The Morgan fingerprint density at radius 2 is 1.64 bits per heavy atom. The highest BCUT2D eigenvalue weighted by Gasteiger charge is 2.52. The number of likely N-dealkylation sites (tertiary alicyclic amines) is 2. The van der Waals surface area contributed by atoms with Crippen LogP contribution in [0.2, 0.25) is 0 Å². The first-order valence-corrected chi connectivity index (χ1v) is 19.2. The van der Waals surface area contributed by atoms with E-state index in [0.717, 1.165) is 17.8 Å². The number of carbonyl (C=O) groups is 6. The Kier molecular flexibility index (Phi) is 14.8. The third-order valence-corrected chi connectivity index (χ3v) is 10.7. The van der Waals surface area contributed by atoms with E-state index in [4.69, 9.17) is 0 Å². The third kappa shape index (κ3) is 10.3. The lowest BCUT2D eigenvalue weighted by Gasteiger charge is -2.37. The van der Waals surface area contributed by atoms with Gasteiger partial charge in [-0.1, -0.05) is 78.3 Å². The van der Waals surface area contributed by atoms with Crippen molar-refractivity contribution in [1.29, 1.82) is 0 Å². The number of hydrazine groups is 2. The molecule has 0 saturated carbocycles. The smallest absolute Gasteiger partial charge is 0.290 e. The quantitative estimate of drug-likeness (QED) is 0.0967. The summed E-state index contributed by atoms with van der Waals surface area (Å²) < 4.78 is 0. The number of nitrogens with zero attached hydrogens (tertiary/aromatic N) is 3. The van der Waals surface area contributed by atoms with E-state index in [0.29, 0.717) is 45.2 Å². The Hall–Kier alpha value is -4.53. The molecule has 4 rings (SSSR count). The minimum atomic E-state index is -0.961. The van der Waals surface area contributed by atoms with Crippen molar-refractivity contribution in [2.45, 2.75) is 124 Å². The summed E-state index contributed by atoms with van der Waals surface area (Å²) in [5, 5.41) is 12.6. The summed E-state index contributed by atoms with van der Waals surface area (Å²) in [5.74, 6) is -2.88. The number of hydrogen-bond donors (Lipinski definition) is 6. The predicted octanol–water partition coefficient (Wildman–Crippen LogP) is 2.06. The summed E-state index contributed by atoms with van der Waals surface area (Å²) >= 11 is 0. The van der Waals surface area contributed by atoms with Gasteiger partial charge in [-0.05, 0) is 61.8 Å². The van der Waals surface area contributed by atoms with Gasteiger partial charge in [0.25, 0.3) is 5.91 Å². The molecule has 2 fully saturated rings. The molecule has 1 unspecified atom stereocenters. The van der Waals surface area contributed by atoms with Gasteiger partial charge < -0.3 is 25.8 Å². The van der Waals surface area contributed by atoms with Crippen LogP contribution in [0.5, 0.6) is 0 Å². The third-order valence-electron chi connectivity index (χ3n) is 10.7. The van der Waals surface area contributed by atoms with Crippen LogP contribution in [0.1, 0.15) is 105 Å². The van der Waals surface area contributed by atoms with Crippen LogP contribution >= 0.6 is 0 Å². The minimum Gasteiger partial charge on any atom is -0.344 e. The zero-order chi connectivity index (χ0) is 38.8. The summed E-state index contributed by atoms with van der Waals surface area (Å²) in [5.41, 5.74) is 9.00. The molecule has 1 aromatic rings. The average molecular weight is 738 g/mol. The second-order valence-corrected chi connectivity index (χ2v) is 15.3. The summed E-state index contributed by atoms with van der Waals surface area (Å²) in [6.45, 7) is 13.6. The molecule has 0 spiro atoms. The first kappa shape index (κ1) is 41.2. The highest BCUT2D eigenvalue weighted by molar-refractivity contribution is 6.38. The number of amides is 5. The molecule has 292 valence electrons. The molecular weight excluding hydrogens is 678 g/mol. The number of Topliss-reactive ketones (excluding diaryl/α,β-unsaturated/α-hetero) is 1. The van der Waals surface area contributed by atoms with Crippen LogP contribution in [0.3, 0.4) is 0 Å². The molecule has 5 amide bonds. The topological polar surface area (TPSA) is 193 Å². The number of amidine groups is 1. The number of unbranched alkanes of at least 4 members (excludes halogenated alkanes) is 1. The lowest BCUT2D eigenvalue weighted by Crippen LogP contribution is -2.61. The molecule has 6 N–H and O–H groups in total. The van der Waals surface area contributed by atoms with Crippen molar-refractivity contribution in [1.82, 2.24) is 42.2 Å². The van der Waals surface area contributed by atoms with Gasteiger partial charge in [0.2, 0.25) is 29.4 Å². The number of hydrogen-bond acceptors (Lipinski definition) is 10. The number of fused-ring (bicyclic) bond motifs is 2. The minimum absolute atomic E-state index is 0.00234. The first-order valence-electron chi connectivity index (χ1n) is 19.2. The zero-order valence-corrected chi connectivity index (χ0v) is 32.2. The van der Waals surface area contributed by atoms with Gasteiger partial charge in [0.15, 0.2) is 0 Å². The Balaban J connectivity index is 1.44. The predicted molar refractivity (Wildman–Crippen MR) is 200 cm³/mol. The fraction of sp³-hybridized carbons (Fsp3) is 0.658. The van der Waals surface area contributed by atoms with Crippen molar-refractivity contribution in [3.8, 4) is 0 Å². The van der Waals surface area contributed by atoms with Gasteiger partial charge >= 0.3 is 0 Å². The normalized spacial score (nSPS) is 21.9. The van der Waals surface area contributed by atoms with Crippen LogP contribution in [0.25, 0.3) is 0 Å². The van der Waals surface area contributed by atoms with Crippen molar-refractivity contribution in [2.24, 2.45) is 28.8 Å². The van der Waals surface area contributed by atoms with Crippen LogP contribution in [-0.4, -0.2) is 88.2 Å². The standard InChI is InChI=1S/C38H59N9O6/c1-8-14-28(34(49)36(51)39-25(7)26-15-10-9-11-16-26)46-20-19-27-21-47(33(24(27)6)38(46)53)37(52)32(23(4)5)41-35(50)31(22(2)3)40-30(48)18-13-12-17-29-42-44-45-43-29/h9-11,15-16,22-25,27-28,31-33,44-45H,8,12-14,17-21H2,1-7H3,(H,39,51)(H,40,48)(H,41,50)(H,42,43)/t24-,25+,27-,28?,31-,32-,33-/m0/s1. The van der Waals surface area contributed by atoms with Crippen LogP contribution in [-0.2, 0) is 28.8 Å². The summed E-state index contributed by atoms with van der Waals surface area (Å²) in [7, 11) is 0. The molecule has 3 aliphatic rings. The SMILES string of the molecule is CCCC(C(=O)C(=O)N[C@H](C)c1ccccc1)N1CC[C@H]2CN(C(=O)[C@@H](NC(=O)[C@@H](NC(=O)CCCCC3=NNNN3)C(C)C)C(C)C)[C@H](C1=O)[C@H]2C. The Bertz CT molecular complexity index is 1500. The summed E-state index contributed by atoms with van der Waals surface area (Å²) in [4.78, 5) is 85.5. The van der Waals surface area contributed by atoms with E-state index in [2.05, 4.69) is 37.5 Å². The number of rotatable bonds is 18. The van der Waals surface area contributed by atoms with E-state index in [1.807, 2.05) is 78.8 Å². The van der Waals surface area contributed by atoms with Gasteiger partial charge in [0.1, 0.15) is 30.0 Å². The molecule has 53 heavy (non-hydrogen) atoms. The highest BCUT2D eigenvalue weighted by Crippen LogP contribution is 2.38. The summed E-state index contributed by atoms with van der Waals surface area (Å²) in [6.07, 6.45) is 3.69. The Morgan fingerprint density at radius 1 is 0.943 bits per heavy atom. The Labute approximate surface area is 313 Å². The molecule has 3 aliphatic heterocycles. The van der Waals surface area contributed by atoms with E-state index in [1.165, 1.54) is 4.90 Å². The second-order valence-electron chi connectivity index (χ2n) is 15.3. The maximum Gasteiger partial charge on any atom is 0.290 e. The zero-order valence-electron chi connectivity index (χ0n) is 32.2. The van der Waals surface area contributed by atoms with Gasteiger partial charge in [-0.25, -0.2) is 5.53 Å². The van der Waals surface area contributed by atoms with Gasteiger partial charge in [0, 0.05) is 25.9 Å². The number of benzene rings is 1. The van der Waals surface area contributed by atoms with Crippen molar-refractivity contribution < 1.29 is 28.8 Å². The van der Waals surface area contributed by atoms with E-state index in [9.17, 15) is 28.8 Å². The molecule has 0 aromatic heterocycles. The van der Waals surface area contributed by atoms with E-state index in [-0.39, 0.29) is 47.8 Å². The van der Waals surface area contributed by atoms with E-state index in [1.54, 1.807) is 4.90 Å². The highest BCUT2D eigenvalue weighted by atomic mass is 16.2. The molecule has 2 bridgehead atoms. The van der Waals surface area contributed by atoms with Crippen LogP contribution in [0, 0.1) is 23.7 Å². The number of carbonyl (C=O) groups excluding carboxylic acids is 6. The van der Waals surface area contributed by atoms with Crippen molar-refractivity contribution >= 4 is 41.2 Å². The molecule has 0 aliphatic carbocycles. The average Bonchev–Trinajstić information content (AvgIpc) is 3.74.